The molecule has 3 nitrogen and oxygen atoms in total. The topological polar surface area (TPSA) is 18.5 Å². The van der Waals surface area contributed by atoms with Gasteiger partial charge < -0.3 is 10.2 Å². The zero-order chi connectivity index (χ0) is 12.9. The molecule has 2 heterocycles. The standard InChI is InChI=1S/C16H25N3/c1-2-5-15(6-3-1)19-12-7-16(8-13-19)18-11-4-9-17-10-14-18/h1-3,5-6,16-17H,4,7-14H2. The molecule has 0 atom stereocenters. The monoisotopic (exact) mass is 259 g/mol. The van der Waals surface area contributed by atoms with Crippen molar-refractivity contribution in [2.24, 2.45) is 0 Å². The molecule has 104 valence electrons. The molecular formula is C16H25N3. The Kier molecular flexibility index (Phi) is 4.36. The van der Waals surface area contributed by atoms with Crippen LogP contribution in [-0.4, -0.2) is 50.2 Å². The molecule has 2 fully saturated rings. The highest BCUT2D eigenvalue weighted by atomic mass is 15.2. The third kappa shape index (κ3) is 3.28. The summed E-state index contributed by atoms with van der Waals surface area (Å²) in [5.74, 6) is 0. The molecule has 3 heteroatoms. The zero-order valence-corrected chi connectivity index (χ0v) is 11.7. The lowest BCUT2D eigenvalue weighted by atomic mass is 10.0. The molecule has 19 heavy (non-hydrogen) atoms. The summed E-state index contributed by atoms with van der Waals surface area (Å²) in [6.45, 7) is 7.29. The van der Waals surface area contributed by atoms with Crippen LogP contribution in [0.15, 0.2) is 30.3 Å². The highest BCUT2D eigenvalue weighted by molar-refractivity contribution is 5.46. The van der Waals surface area contributed by atoms with Crippen molar-refractivity contribution in [3.05, 3.63) is 30.3 Å². The molecule has 0 amide bonds. The number of hydrogen-bond donors (Lipinski definition) is 1. The Morgan fingerprint density at radius 1 is 0.895 bits per heavy atom. The molecule has 0 radical (unpaired) electrons. The lowest BCUT2D eigenvalue weighted by Crippen LogP contribution is -2.46. The van der Waals surface area contributed by atoms with Crippen molar-refractivity contribution in [2.75, 3.05) is 44.2 Å². The van der Waals surface area contributed by atoms with Crippen LogP contribution in [0, 0.1) is 0 Å². The first kappa shape index (κ1) is 12.9. The average molecular weight is 259 g/mol. The van der Waals surface area contributed by atoms with Gasteiger partial charge in [-0.15, -0.1) is 0 Å². The van der Waals surface area contributed by atoms with E-state index >= 15 is 0 Å². The van der Waals surface area contributed by atoms with Crippen LogP contribution < -0.4 is 10.2 Å². The molecule has 0 unspecified atom stereocenters. The maximum Gasteiger partial charge on any atom is 0.0366 e. The maximum absolute atomic E-state index is 3.50. The largest absolute Gasteiger partial charge is 0.371 e. The highest BCUT2D eigenvalue weighted by Gasteiger charge is 2.24. The molecule has 1 N–H and O–H groups in total. The van der Waals surface area contributed by atoms with Crippen LogP contribution in [0.25, 0.3) is 0 Å². The van der Waals surface area contributed by atoms with Crippen molar-refractivity contribution in [1.29, 1.82) is 0 Å². The number of nitrogens with zero attached hydrogens (tertiary/aromatic N) is 2. The normalized spacial score (nSPS) is 23.3. The lowest BCUT2D eigenvalue weighted by molar-refractivity contribution is 0.180. The first-order valence-corrected chi connectivity index (χ1v) is 7.68. The van der Waals surface area contributed by atoms with Crippen molar-refractivity contribution in [3.63, 3.8) is 0 Å². The Hall–Kier alpha value is -1.06. The van der Waals surface area contributed by atoms with Gasteiger partial charge in [0.1, 0.15) is 0 Å². The molecule has 0 saturated carbocycles. The Morgan fingerprint density at radius 2 is 1.68 bits per heavy atom. The van der Waals surface area contributed by atoms with Crippen LogP contribution in [0.3, 0.4) is 0 Å². The second kappa shape index (κ2) is 6.40. The van der Waals surface area contributed by atoms with Crippen molar-refractivity contribution >= 4 is 5.69 Å². The van der Waals surface area contributed by atoms with E-state index in [1.54, 1.807) is 0 Å². The quantitative estimate of drug-likeness (QED) is 0.876. The molecule has 0 aliphatic carbocycles. The van der Waals surface area contributed by atoms with Gasteiger partial charge in [0, 0.05) is 37.9 Å². The maximum atomic E-state index is 3.50. The van der Waals surface area contributed by atoms with E-state index in [1.807, 2.05) is 0 Å². The highest BCUT2D eigenvalue weighted by Crippen LogP contribution is 2.22. The number of hydrogen-bond acceptors (Lipinski definition) is 3. The second-order valence-electron chi connectivity index (χ2n) is 5.69. The van der Waals surface area contributed by atoms with E-state index in [0.29, 0.717) is 0 Å². The van der Waals surface area contributed by atoms with Crippen LogP contribution in [0.2, 0.25) is 0 Å². The minimum Gasteiger partial charge on any atom is -0.371 e. The Balaban J connectivity index is 1.54. The van der Waals surface area contributed by atoms with E-state index in [2.05, 4.69) is 45.4 Å². The van der Waals surface area contributed by atoms with Crippen LogP contribution in [0.1, 0.15) is 19.3 Å². The summed E-state index contributed by atoms with van der Waals surface area (Å²) in [5, 5.41) is 3.50. The van der Waals surface area contributed by atoms with Gasteiger partial charge in [0.05, 0.1) is 0 Å². The first-order valence-electron chi connectivity index (χ1n) is 7.68. The third-order valence-corrected chi connectivity index (χ3v) is 4.48. The molecule has 0 bridgehead atoms. The van der Waals surface area contributed by atoms with E-state index in [0.717, 1.165) is 6.04 Å². The third-order valence-electron chi connectivity index (χ3n) is 4.48. The van der Waals surface area contributed by atoms with Crippen molar-refractivity contribution in [1.82, 2.24) is 10.2 Å². The molecule has 3 rings (SSSR count). The van der Waals surface area contributed by atoms with Crippen LogP contribution in [-0.2, 0) is 0 Å². The van der Waals surface area contributed by atoms with Gasteiger partial charge in [0.2, 0.25) is 0 Å². The molecule has 2 aliphatic rings. The van der Waals surface area contributed by atoms with Gasteiger partial charge in [-0.25, -0.2) is 0 Å². The summed E-state index contributed by atoms with van der Waals surface area (Å²) in [4.78, 5) is 5.24. The molecule has 2 saturated heterocycles. The fraction of sp³-hybridized carbons (Fsp3) is 0.625. The fourth-order valence-corrected chi connectivity index (χ4v) is 3.36. The first-order chi connectivity index (χ1) is 9.43. The molecular weight excluding hydrogens is 234 g/mol. The van der Waals surface area contributed by atoms with Crippen molar-refractivity contribution in [3.8, 4) is 0 Å². The summed E-state index contributed by atoms with van der Waals surface area (Å²) < 4.78 is 0. The number of anilines is 1. The Labute approximate surface area is 116 Å². The van der Waals surface area contributed by atoms with Gasteiger partial charge in [-0.3, -0.25) is 4.90 Å². The SMILES string of the molecule is c1ccc(N2CCC(N3CCCNCC3)CC2)cc1. The van der Waals surface area contributed by atoms with Gasteiger partial charge in [0.15, 0.2) is 0 Å². The minimum absolute atomic E-state index is 0.805. The zero-order valence-electron chi connectivity index (χ0n) is 11.7. The van der Waals surface area contributed by atoms with E-state index in [4.69, 9.17) is 0 Å². The molecule has 0 spiro atoms. The second-order valence-corrected chi connectivity index (χ2v) is 5.69. The van der Waals surface area contributed by atoms with Gasteiger partial charge in [-0.05, 0) is 44.5 Å². The van der Waals surface area contributed by atoms with Crippen molar-refractivity contribution < 1.29 is 0 Å². The Morgan fingerprint density at radius 3 is 2.47 bits per heavy atom. The van der Waals surface area contributed by atoms with Crippen LogP contribution >= 0.6 is 0 Å². The number of para-hydroxylation sites is 1. The number of nitrogens with one attached hydrogen (secondary N) is 1. The van der Waals surface area contributed by atoms with E-state index in [9.17, 15) is 0 Å². The fourth-order valence-electron chi connectivity index (χ4n) is 3.36. The van der Waals surface area contributed by atoms with Crippen molar-refractivity contribution in [2.45, 2.75) is 25.3 Å². The Bertz CT molecular complexity index is 363. The molecule has 1 aromatic rings. The smallest absolute Gasteiger partial charge is 0.0366 e. The van der Waals surface area contributed by atoms with Gasteiger partial charge in [0.25, 0.3) is 0 Å². The number of benzene rings is 1. The summed E-state index contributed by atoms with van der Waals surface area (Å²) in [6, 6.07) is 11.6. The summed E-state index contributed by atoms with van der Waals surface area (Å²) in [6.07, 6.45) is 3.93. The molecule has 0 aromatic heterocycles. The van der Waals surface area contributed by atoms with Crippen LogP contribution in [0.4, 0.5) is 5.69 Å². The van der Waals surface area contributed by atoms with Gasteiger partial charge >= 0.3 is 0 Å². The van der Waals surface area contributed by atoms with E-state index < -0.39 is 0 Å². The van der Waals surface area contributed by atoms with Gasteiger partial charge in [-0.2, -0.15) is 0 Å². The predicted octanol–water partition coefficient (Wildman–Crippen LogP) is 1.95. The summed E-state index contributed by atoms with van der Waals surface area (Å²) in [7, 11) is 0. The molecule has 1 aromatic carbocycles. The predicted molar refractivity (Wildman–Crippen MR) is 80.7 cm³/mol. The summed E-state index contributed by atoms with van der Waals surface area (Å²) in [5.41, 5.74) is 1.39. The number of rotatable bonds is 2. The average Bonchev–Trinajstić information content (AvgIpc) is 2.77. The minimum atomic E-state index is 0.805. The van der Waals surface area contributed by atoms with E-state index in [1.165, 1.54) is 64.2 Å². The number of piperidine rings is 1. The van der Waals surface area contributed by atoms with Crippen LogP contribution in [0.5, 0.6) is 0 Å². The van der Waals surface area contributed by atoms with E-state index in [-0.39, 0.29) is 0 Å². The lowest BCUT2D eigenvalue weighted by Gasteiger charge is -2.39. The van der Waals surface area contributed by atoms with Gasteiger partial charge in [-0.1, -0.05) is 18.2 Å². The molecule has 2 aliphatic heterocycles. The summed E-state index contributed by atoms with van der Waals surface area (Å²) >= 11 is 0.